The van der Waals surface area contributed by atoms with Crippen LogP contribution in [0.15, 0.2) is 0 Å². The van der Waals surface area contributed by atoms with Crippen LogP contribution in [-0.4, -0.2) is 24.9 Å². The van der Waals surface area contributed by atoms with E-state index in [2.05, 4.69) is 4.74 Å². The Morgan fingerprint density at radius 2 is 2.10 bits per heavy atom. The van der Waals surface area contributed by atoms with Crippen LogP contribution in [0.25, 0.3) is 0 Å². The van der Waals surface area contributed by atoms with Gasteiger partial charge in [-0.15, -0.1) is 0 Å². The number of ketones is 1. The predicted octanol–water partition coefficient (Wildman–Crippen LogP) is -0.533. The third kappa shape index (κ3) is 4.03. The second-order valence-corrected chi connectivity index (χ2v) is 1.72. The van der Waals surface area contributed by atoms with Crippen LogP contribution in [0.2, 0.25) is 0 Å². The number of carbonyl (C=O) groups is 2. The molecular formula is C6H11NO3. The molecule has 58 valence electrons. The molecule has 0 bridgehead atoms. The van der Waals surface area contributed by atoms with Crippen molar-refractivity contribution in [2.24, 2.45) is 5.73 Å². The first kappa shape index (κ1) is 9.10. The van der Waals surface area contributed by atoms with E-state index < -0.39 is 5.97 Å². The topological polar surface area (TPSA) is 69.4 Å². The molecule has 0 unspecified atom stereocenters. The van der Waals surface area contributed by atoms with Gasteiger partial charge in [0.1, 0.15) is 6.42 Å². The zero-order valence-corrected chi connectivity index (χ0v) is 5.92. The average molecular weight is 145 g/mol. The normalized spacial score (nSPS) is 9.00. The number of esters is 1. The van der Waals surface area contributed by atoms with Gasteiger partial charge in [0.15, 0.2) is 5.78 Å². The van der Waals surface area contributed by atoms with E-state index in [1.807, 2.05) is 0 Å². The zero-order valence-electron chi connectivity index (χ0n) is 5.92. The van der Waals surface area contributed by atoms with Crippen LogP contribution >= 0.6 is 0 Å². The van der Waals surface area contributed by atoms with Gasteiger partial charge in [-0.1, -0.05) is 0 Å². The molecule has 0 aliphatic heterocycles. The predicted molar refractivity (Wildman–Crippen MR) is 35.3 cm³/mol. The Morgan fingerprint density at radius 3 is 2.50 bits per heavy atom. The van der Waals surface area contributed by atoms with Crippen LogP contribution in [0.5, 0.6) is 0 Å². The van der Waals surface area contributed by atoms with Crippen molar-refractivity contribution >= 4 is 11.8 Å². The minimum Gasteiger partial charge on any atom is -0.466 e. The van der Waals surface area contributed by atoms with Crippen molar-refractivity contribution in [3.05, 3.63) is 0 Å². The Hall–Kier alpha value is -0.900. The van der Waals surface area contributed by atoms with Gasteiger partial charge >= 0.3 is 5.97 Å². The fraction of sp³-hybridized carbons (Fsp3) is 0.667. The third-order valence-electron chi connectivity index (χ3n) is 0.875. The van der Waals surface area contributed by atoms with Crippen LogP contribution in [0.3, 0.4) is 0 Å². The molecule has 0 radical (unpaired) electrons. The molecule has 0 aromatic rings. The number of hydrogen-bond donors (Lipinski definition) is 1. The van der Waals surface area contributed by atoms with Crippen molar-refractivity contribution in [1.82, 2.24) is 0 Å². The molecule has 0 aliphatic rings. The lowest BCUT2D eigenvalue weighted by Crippen LogP contribution is -2.18. The standard InChI is InChI=1S/C6H11NO3/c1-2-10-6(9)3-5(8)4-7/h2-4,7H2,1H3. The van der Waals surface area contributed by atoms with E-state index in [0.29, 0.717) is 6.61 Å². The van der Waals surface area contributed by atoms with Gasteiger partial charge in [-0.05, 0) is 6.92 Å². The molecule has 0 aromatic carbocycles. The molecule has 0 rings (SSSR count). The molecule has 2 N–H and O–H groups in total. The fourth-order valence-corrected chi connectivity index (χ4v) is 0.445. The molecule has 0 saturated carbocycles. The van der Waals surface area contributed by atoms with Crippen LogP contribution in [-0.2, 0) is 14.3 Å². The smallest absolute Gasteiger partial charge is 0.313 e. The van der Waals surface area contributed by atoms with Gasteiger partial charge in [0.2, 0.25) is 0 Å². The quantitative estimate of drug-likeness (QED) is 0.426. The van der Waals surface area contributed by atoms with E-state index in [9.17, 15) is 9.59 Å². The molecular weight excluding hydrogens is 134 g/mol. The zero-order chi connectivity index (χ0) is 7.98. The van der Waals surface area contributed by atoms with E-state index in [1.165, 1.54) is 0 Å². The van der Waals surface area contributed by atoms with E-state index in [4.69, 9.17) is 5.73 Å². The molecule has 4 nitrogen and oxygen atoms in total. The first-order valence-electron chi connectivity index (χ1n) is 3.08. The summed E-state index contributed by atoms with van der Waals surface area (Å²) in [5.74, 6) is -0.795. The van der Waals surface area contributed by atoms with E-state index in [0.717, 1.165) is 0 Å². The molecule has 0 aliphatic carbocycles. The maximum atomic E-state index is 10.5. The Bertz CT molecular complexity index is 133. The molecule has 0 aromatic heterocycles. The van der Waals surface area contributed by atoms with Gasteiger partial charge in [0.25, 0.3) is 0 Å². The number of hydrogen-bond acceptors (Lipinski definition) is 4. The Kier molecular flexibility index (Phi) is 4.49. The van der Waals surface area contributed by atoms with E-state index >= 15 is 0 Å². The Balaban J connectivity index is 3.47. The maximum absolute atomic E-state index is 10.5. The second-order valence-electron chi connectivity index (χ2n) is 1.72. The summed E-state index contributed by atoms with van der Waals surface area (Å²) in [6, 6.07) is 0. The lowest BCUT2D eigenvalue weighted by Gasteiger charge is -1.97. The molecule has 0 amide bonds. The number of rotatable bonds is 4. The van der Waals surface area contributed by atoms with Crippen molar-refractivity contribution in [2.45, 2.75) is 13.3 Å². The van der Waals surface area contributed by atoms with Crippen molar-refractivity contribution < 1.29 is 14.3 Å². The molecule has 0 spiro atoms. The first-order chi connectivity index (χ1) is 4.70. The lowest BCUT2D eigenvalue weighted by molar-refractivity contribution is -0.145. The highest BCUT2D eigenvalue weighted by Gasteiger charge is 2.06. The fourth-order valence-electron chi connectivity index (χ4n) is 0.445. The van der Waals surface area contributed by atoms with E-state index in [1.54, 1.807) is 6.92 Å². The molecule has 0 fully saturated rings. The summed E-state index contributed by atoms with van der Waals surface area (Å²) < 4.78 is 4.50. The molecule has 0 saturated heterocycles. The Labute approximate surface area is 59.3 Å². The SMILES string of the molecule is CCOC(=O)CC(=O)CN. The summed E-state index contributed by atoms with van der Waals surface area (Å²) in [5, 5.41) is 0. The van der Waals surface area contributed by atoms with Gasteiger partial charge in [-0.25, -0.2) is 0 Å². The minimum absolute atomic E-state index is 0.0984. The molecule has 0 atom stereocenters. The minimum atomic E-state index is -0.502. The third-order valence-corrected chi connectivity index (χ3v) is 0.875. The van der Waals surface area contributed by atoms with Gasteiger partial charge in [-0.2, -0.15) is 0 Å². The van der Waals surface area contributed by atoms with Gasteiger partial charge in [-0.3, -0.25) is 9.59 Å². The van der Waals surface area contributed by atoms with Crippen LogP contribution in [0, 0.1) is 0 Å². The summed E-state index contributed by atoms with van der Waals surface area (Å²) >= 11 is 0. The summed E-state index contributed by atoms with van der Waals surface area (Å²) in [7, 11) is 0. The number of Topliss-reactive ketones (excluding diaryl/α,β-unsaturated/α-hetero) is 1. The largest absolute Gasteiger partial charge is 0.466 e. The summed E-state index contributed by atoms with van der Waals surface area (Å²) in [6.07, 6.45) is -0.204. The van der Waals surface area contributed by atoms with Crippen molar-refractivity contribution in [2.75, 3.05) is 13.2 Å². The number of ether oxygens (including phenoxy) is 1. The average Bonchev–Trinajstić information content (AvgIpc) is 1.88. The first-order valence-corrected chi connectivity index (χ1v) is 3.08. The Morgan fingerprint density at radius 1 is 1.50 bits per heavy atom. The lowest BCUT2D eigenvalue weighted by atomic mass is 10.3. The van der Waals surface area contributed by atoms with Crippen LogP contribution < -0.4 is 5.73 Å². The van der Waals surface area contributed by atoms with Gasteiger partial charge in [0, 0.05) is 0 Å². The summed E-state index contributed by atoms with van der Waals surface area (Å²) in [4.78, 5) is 21.0. The van der Waals surface area contributed by atoms with Gasteiger partial charge in [0.05, 0.1) is 13.2 Å². The van der Waals surface area contributed by atoms with Crippen molar-refractivity contribution in [3.8, 4) is 0 Å². The highest BCUT2D eigenvalue weighted by Crippen LogP contribution is 1.86. The summed E-state index contributed by atoms with van der Waals surface area (Å²) in [6.45, 7) is 1.89. The highest BCUT2D eigenvalue weighted by atomic mass is 16.5. The monoisotopic (exact) mass is 145 g/mol. The molecule has 0 heterocycles. The van der Waals surface area contributed by atoms with Crippen molar-refractivity contribution in [3.63, 3.8) is 0 Å². The highest BCUT2D eigenvalue weighted by molar-refractivity contribution is 5.96. The molecule has 4 heteroatoms. The van der Waals surface area contributed by atoms with E-state index in [-0.39, 0.29) is 18.7 Å². The van der Waals surface area contributed by atoms with Crippen molar-refractivity contribution in [1.29, 1.82) is 0 Å². The van der Waals surface area contributed by atoms with Crippen LogP contribution in [0.1, 0.15) is 13.3 Å². The maximum Gasteiger partial charge on any atom is 0.313 e. The second kappa shape index (κ2) is 4.93. The molecule has 10 heavy (non-hydrogen) atoms. The van der Waals surface area contributed by atoms with Crippen LogP contribution in [0.4, 0.5) is 0 Å². The summed E-state index contributed by atoms with van der Waals surface area (Å²) in [5.41, 5.74) is 4.96. The number of carbonyl (C=O) groups excluding carboxylic acids is 2. The van der Waals surface area contributed by atoms with Gasteiger partial charge < -0.3 is 10.5 Å². The number of nitrogens with two attached hydrogens (primary N) is 1.